The van der Waals surface area contributed by atoms with Crippen molar-refractivity contribution in [1.29, 1.82) is 0 Å². The van der Waals surface area contributed by atoms with Gasteiger partial charge in [0.2, 0.25) is 5.91 Å². The van der Waals surface area contributed by atoms with Crippen molar-refractivity contribution >= 4 is 16.9 Å². The number of hydrogen-bond acceptors (Lipinski definition) is 4. The molecule has 0 aliphatic rings. The summed E-state index contributed by atoms with van der Waals surface area (Å²) in [5.41, 5.74) is 4.36. The zero-order valence-corrected chi connectivity index (χ0v) is 21.2. The van der Waals surface area contributed by atoms with E-state index < -0.39 is 0 Å². The first kappa shape index (κ1) is 25.3. The van der Waals surface area contributed by atoms with Gasteiger partial charge < -0.3 is 19.4 Å². The Hall–Kier alpha value is -3.80. The largest absolute Gasteiger partial charge is 0.497 e. The minimum Gasteiger partial charge on any atom is -0.497 e. The number of para-hydroxylation sites is 2. The molecule has 4 rings (SSSR count). The van der Waals surface area contributed by atoms with Crippen LogP contribution in [0, 0.1) is 6.92 Å². The first-order chi connectivity index (χ1) is 17.6. The highest BCUT2D eigenvalue weighted by Crippen LogP contribution is 2.19. The Morgan fingerprint density at radius 2 is 1.78 bits per heavy atom. The molecule has 1 N–H and O–H groups in total. The summed E-state index contributed by atoms with van der Waals surface area (Å²) < 4.78 is 13.4. The number of methoxy groups -OCH3 is 1. The number of benzene rings is 3. The van der Waals surface area contributed by atoms with Crippen molar-refractivity contribution in [2.24, 2.45) is 0 Å². The van der Waals surface area contributed by atoms with E-state index in [4.69, 9.17) is 14.5 Å². The van der Waals surface area contributed by atoms with E-state index in [1.54, 1.807) is 7.11 Å². The number of carbonyl (C=O) groups is 1. The minimum absolute atomic E-state index is 0.0299. The molecule has 3 aromatic carbocycles. The number of amides is 1. The van der Waals surface area contributed by atoms with Crippen LogP contribution in [0.2, 0.25) is 0 Å². The summed E-state index contributed by atoms with van der Waals surface area (Å²) in [6.45, 7) is 4.30. The Kier molecular flexibility index (Phi) is 8.98. The zero-order chi connectivity index (χ0) is 25.2. The van der Waals surface area contributed by atoms with Gasteiger partial charge in [0.05, 0.1) is 31.2 Å². The lowest BCUT2D eigenvalue weighted by molar-refractivity contribution is -0.120. The molecule has 0 atom stereocenters. The van der Waals surface area contributed by atoms with Crippen LogP contribution in [0.15, 0.2) is 72.8 Å². The third kappa shape index (κ3) is 7.11. The normalized spacial score (nSPS) is 10.9. The summed E-state index contributed by atoms with van der Waals surface area (Å²) in [4.78, 5) is 17.2. The average molecular weight is 486 g/mol. The molecule has 0 aliphatic carbocycles. The summed E-state index contributed by atoms with van der Waals surface area (Å²) in [6, 6.07) is 24.0. The van der Waals surface area contributed by atoms with Crippen molar-refractivity contribution < 1.29 is 14.3 Å². The highest BCUT2D eigenvalue weighted by molar-refractivity contribution is 5.78. The smallest absolute Gasteiger partial charge is 0.224 e. The Labute approximate surface area is 213 Å². The molecule has 4 aromatic rings. The zero-order valence-electron chi connectivity index (χ0n) is 21.2. The number of aromatic nitrogens is 2. The van der Waals surface area contributed by atoms with Crippen molar-refractivity contribution in [1.82, 2.24) is 14.9 Å². The van der Waals surface area contributed by atoms with Crippen LogP contribution in [0.1, 0.15) is 36.2 Å². The second kappa shape index (κ2) is 12.8. The maximum Gasteiger partial charge on any atom is 0.224 e. The number of rotatable bonds is 13. The Bertz CT molecular complexity index is 1260. The topological polar surface area (TPSA) is 65.4 Å². The quantitative estimate of drug-likeness (QED) is 0.254. The number of carbonyl (C=O) groups excluding carboxylic acids is 1. The van der Waals surface area contributed by atoms with E-state index in [0.717, 1.165) is 66.1 Å². The number of nitrogens with zero attached hydrogens (tertiary/aromatic N) is 2. The van der Waals surface area contributed by atoms with Crippen LogP contribution in [0.4, 0.5) is 0 Å². The number of fused-ring (bicyclic) bond motifs is 1. The van der Waals surface area contributed by atoms with Gasteiger partial charge in [-0.15, -0.1) is 0 Å². The van der Waals surface area contributed by atoms with Crippen LogP contribution in [0.25, 0.3) is 11.0 Å². The molecule has 1 aromatic heterocycles. The summed E-state index contributed by atoms with van der Waals surface area (Å²) in [6.07, 6.45) is 4.01. The maximum absolute atomic E-state index is 12.3. The molecule has 188 valence electrons. The van der Waals surface area contributed by atoms with Crippen LogP contribution in [0.3, 0.4) is 0 Å². The van der Waals surface area contributed by atoms with E-state index in [0.29, 0.717) is 19.6 Å². The molecule has 0 aliphatic heterocycles. The fraction of sp³-hybridized carbons (Fsp3) is 0.333. The Morgan fingerprint density at radius 1 is 0.944 bits per heavy atom. The van der Waals surface area contributed by atoms with E-state index in [1.165, 1.54) is 5.56 Å². The molecule has 1 heterocycles. The average Bonchev–Trinajstić information content (AvgIpc) is 3.24. The van der Waals surface area contributed by atoms with Crippen molar-refractivity contribution in [3.63, 3.8) is 0 Å². The lowest BCUT2D eigenvalue weighted by Gasteiger charge is -2.11. The third-order valence-corrected chi connectivity index (χ3v) is 6.19. The van der Waals surface area contributed by atoms with Gasteiger partial charge in [0.15, 0.2) is 0 Å². The van der Waals surface area contributed by atoms with Crippen molar-refractivity contribution in [2.75, 3.05) is 20.3 Å². The lowest BCUT2D eigenvalue weighted by Crippen LogP contribution is -2.26. The van der Waals surface area contributed by atoms with Gasteiger partial charge in [0.25, 0.3) is 0 Å². The summed E-state index contributed by atoms with van der Waals surface area (Å²) in [5, 5.41) is 3.04. The molecule has 0 spiro atoms. The van der Waals surface area contributed by atoms with Crippen molar-refractivity contribution in [2.45, 2.75) is 45.6 Å². The van der Waals surface area contributed by atoms with Crippen LogP contribution >= 0.6 is 0 Å². The fourth-order valence-electron chi connectivity index (χ4n) is 4.30. The maximum atomic E-state index is 12.3. The van der Waals surface area contributed by atoms with Crippen molar-refractivity contribution in [3.05, 3.63) is 89.7 Å². The van der Waals surface area contributed by atoms with E-state index in [9.17, 15) is 4.79 Å². The molecule has 36 heavy (non-hydrogen) atoms. The standard InChI is InChI=1S/C30H35N3O3/c1-23-9-7-10-26(21-23)36-20-6-5-19-33-28-12-4-3-11-27(28)32-29(33)13-8-18-31-30(34)22-24-14-16-25(35-2)17-15-24/h3-4,7,9-12,14-17,21H,5-6,8,13,18-20,22H2,1-2H3,(H,31,34). The predicted octanol–water partition coefficient (Wildman–Crippen LogP) is 5.50. The van der Waals surface area contributed by atoms with Gasteiger partial charge in [-0.05, 0) is 73.7 Å². The monoisotopic (exact) mass is 485 g/mol. The van der Waals surface area contributed by atoms with Crippen LogP contribution in [-0.2, 0) is 24.2 Å². The van der Waals surface area contributed by atoms with Crippen LogP contribution in [-0.4, -0.2) is 35.7 Å². The fourth-order valence-corrected chi connectivity index (χ4v) is 4.30. The number of aryl methyl sites for hydroxylation is 3. The van der Waals surface area contributed by atoms with Gasteiger partial charge in [-0.2, -0.15) is 0 Å². The van der Waals surface area contributed by atoms with Gasteiger partial charge in [-0.1, -0.05) is 36.4 Å². The first-order valence-corrected chi connectivity index (χ1v) is 12.7. The lowest BCUT2D eigenvalue weighted by atomic mass is 10.1. The van der Waals surface area contributed by atoms with Crippen LogP contribution in [0.5, 0.6) is 11.5 Å². The van der Waals surface area contributed by atoms with E-state index in [2.05, 4.69) is 47.1 Å². The van der Waals surface area contributed by atoms with Gasteiger partial charge >= 0.3 is 0 Å². The van der Waals surface area contributed by atoms with E-state index in [1.807, 2.05) is 42.5 Å². The molecular formula is C30H35N3O3. The SMILES string of the molecule is COc1ccc(CC(=O)NCCCc2nc3ccccc3n2CCCCOc2cccc(C)c2)cc1. The molecule has 6 heteroatoms. The minimum atomic E-state index is 0.0299. The summed E-state index contributed by atoms with van der Waals surface area (Å²) in [5.74, 6) is 2.82. The van der Waals surface area contributed by atoms with Gasteiger partial charge in [0, 0.05) is 19.5 Å². The number of imidazole rings is 1. The second-order valence-electron chi connectivity index (χ2n) is 9.02. The molecule has 0 radical (unpaired) electrons. The first-order valence-electron chi connectivity index (χ1n) is 12.7. The highest BCUT2D eigenvalue weighted by atomic mass is 16.5. The number of hydrogen-bond donors (Lipinski definition) is 1. The van der Waals surface area contributed by atoms with E-state index >= 15 is 0 Å². The third-order valence-electron chi connectivity index (χ3n) is 6.19. The highest BCUT2D eigenvalue weighted by Gasteiger charge is 2.11. The van der Waals surface area contributed by atoms with Crippen LogP contribution < -0.4 is 14.8 Å². The van der Waals surface area contributed by atoms with Gasteiger partial charge in [0.1, 0.15) is 17.3 Å². The Balaban J connectivity index is 1.25. The molecule has 6 nitrogen and oxygen atoms in total. The number of unbranched alkanes of at least 4 members (excludes halogenated alkanes) is 1. The number of nitrogens with one attached hydrogen (secondary N) is 1. The predicted molar refractivity (Wildman–Crippen MR) is 144 cm³/mol. The molecule has 0 saturated carbocycles. The van der Waals surface area contributed by atoms with Gasteiger partial charge in [-0.3, -0.25) is 4.79 Å². The number of ether oxygens (including phenoxy) is 2. The van der Waals surface area contributed by atoms with Crippen molar-refractivity contribution in [3.8, 4) is 11.5 Å². The molecule has 0 fully saturated rings. The molecule has 0 bridgehead atoms. The molecule has 1 amide bonds. The van der Waals surface area contributed by atoms with E-state index in [-0.39, 0.29) is 5.91 Å². The molecule has 0 unspecified atom stereocenters. The summed E-state index contributed by atoms with van der Waals surface area (Å²) >= 11 is 0. The molecule has 0 saturated heterocycles. The van der Waals surface area contributed by atoms with Gasteiger partial charge in [-0.25, -0.2) is 4.98 Å². The Morgan fingerprint density at radius 3 is 2.58 bits per heavy atom. The molecular weight excluding hydrogens is 450 g/mol. The second-order valence-corrected chi connectivity index (χ2v) is 9.02. The summed E-state index contributed by atoms with van der Waals surface area (Å²) in [7, 11) is 1.64.